The van der Waals surface area contributed by atoms with Crippen molar-refractivity contribution in [2.75, 3.05) is 6.61 Å². The fourth-order valence-corrected chi connectivity index (χ4v) is 3.87. The quantitative estimate of drug-likeness (QED) is 0.749. The molecule has 4 heteroatoms. The highest BCUT2D eigenvalue weighted by Gasteiger charge is 2.29. The molecule has 0 aliphatic carbocycles. The average molecular weight is 362 g/mol. The summed E-state index contributed by atoms with van der Waals surface area (Å²) in [5.41, 5.74) is 2.86. The summed E-state index contributed by atoms with van der Waals surface area (Å²) in [5, 5.41) is 4.34. The largest absolute Gasteiger partial charge is 0.375 e. The first-order valence-corrected chi connectivity index (χ1v) is 9.58. The van der Waals surface area contributed by atoms with Gasteiger partial charge in [0.1, 0.15) is 0 Å². The molecular formula is C23H26N2O2. The van der Waals surface area contributed by atoms with Crippen LogP contribution in [-0.4, -0.2) is 28.7 Å². The lowest BCUT2D eigenvalue weighted by Crippen LogP contribution is -2.45. The molecule has 1 aliphatic rings. The molecule has 1 fully saturated rings. The fraction of sp³-hybridized carbons (Fsp3) is 0.348. The van der Waals surface area contributed by atoms with Crippen molar-refractivity contribution in [1.29, 1.82) is 0 Å². The number of nitrogens with one attached hydrogen (secondary N) is 1. The van der Waals surface area contributed by atoms with Crippen molar-refractivity contribution in [3.63, 3.8) is 0 Å². The Labute approximate surface area is 160 Å². The van der Waals surface area contributed by atoms with Gasteiger partial charge in [0, 0.05) is 36.5 Å². The van der Waals surface area contributed by atoms with Gasteiger partial charge in [-0.05, 0) is 55.8 Å². The second-order valence-corrected chi connectivity index (χ2v) is 7.97. The summed E-state index contributed by atoms with van der Waals surface area (Å²) in [5.74, 6) is -0.00735. The van der Waals surface area contributed by atoms with Gasteiger partial charge in [0.05, 0.1) is 5.60 Å². The predicted molar refractivity (Wildman–Crippen MR) is 108 cm³/mol. The molecule has 2 heterocycles. The molecule has 2 aromatic carbocycles. The summed E-state index contributed by atoms with van der Waals surface area (Å²) < 4.78 is 7.94. The standard InChI is InChI=1S/C23H26N2O2/c1-23(2)15-20(11-13-27-23)24-22(26)19-9-8-18-10-12-25(21(18)14-19)16-17-6-4-3-5-7-17/h3-10,12,14,20H,11,13,15-16H2,1-2H3,(H,24,26)/t20-/m0/s1. The maximum Gasteiger partial charge on any atom is 0.251 e. The van der Waals surface area contributed by atoms with Gasteiger partial charge in [0.15, 0.2) is 0 Å². The maximum atomic E-state index is 12.8. The molecule has 0 radical (unpaired) electrons. The van der Waals surface area contributed by atoms with Gasteiger partial charge in [-0.25, -0.2) is 0 Å². The van der Waals surface area contributed by atoms with Gasteiger partial charge in [-0.1, -0.05) is 36.4 Å². The summed E-state index contributed by atoms with van der Waals surface area (Å²) in [6, 6.07) is 18.6. The van der Waals surface area contributed by atoms with Crippen LogP contribution in [0.3, 0.4) is 0 Å². The van der Waals surface area contributed by atoms with Gasteiger partial charge in [-0.3, -0.25) is 4.79 Å². The van der Waals surface area contributed by atoms with E-state index in [0.717, 1.165) is 30.3 Å². The van der Waals surface area contributed by atoms with Crippen LogP contribution in [0.15, 0.2) is 60.8 Å². The smallest absolute Gasteiger partial charge is 0.251 e. The fourth-order valence-electron chi connectivity index (χ4n) is 3.87. The summed E-state index contributed by atoms with van der Waals surface area (Å²) in [6.45, 7) is 5.64. The van der Waals surface area contributed by atoms with Crippen LogP contribution < -0.4 is 5.32 Å². The van der Waals surface area contributed by atoms with E-state index in [9.17, 15) is 4.79 Å². The van der Waals surface area contributed by atoms with E-state index in [0.29, 0.717) is 12.2 Å². The Bertz CT molecular complexity index is 943. The van der Waals surface area contributed by atoms with Crippen LogP contribution in [0, 0.1) is 0 Å². The number of rotatable bonds is 4. The molecule has 1 aromatic heterocycles. The molecule has 1 N–H and O–H groups in total. The summed E-state index contributed by atoms with van der Waals surface area (Å²) in [7, 11) is 0. The first-order chi connectivity index (χ1) is 13.0. The van der Waals surface area contributed by atoms with Gasteiger partial charge >= 0.3 is 0 Å². The Morgan fingerprint density at radius 1 is 1.19 bits per heavy atom. The third kappa shape index (κ3) is 4.06. The lowest BCUT2D eigenvalue weighted by atomic mass is 9.93. The Hall–Kier alpha value is -2.59. The van der Waals surface area contributed by atoms with E-state index in [-0.39, 0.29) is 17.6 Å². The monoisotopic (exact) mass is 362 g/mol. The second-order valence-electron chi connectivity index (χ2n) is 7.97. The molecule has 0 saturated carbocycles. The van der Waals surface area contributed by atoms with Gasteiger partial charge < -0.3 is 14.6 Å². The van der Waals surface area contributed by atoms with Crippen molar-refractivity contribution >= 4 is 16.8 Å². The molecule has 1 aliphatic heterocycles. The maximum absolute atomic E-state index is 12.8. The lowest BCUT2D eigenvalue weighted by molar-refractivity contribution is -0.0615. The summed E-state index contributed by atoms with van der Waals surface area (Å²) >= 11 is 0. The minimum absolute atomic E-state index is 0.00735. The van der Waals surface area contributed by atoms with Crippen molar-refractivity contribution in [2.24, 2.45) is 0 Å². The number of nitrogens with zero attached hydrogens (tertiary/aromatic N) is 1. The Balaban J connectivity index is 1.54. The van der Waals surface area contributed by atoms with E-state index in [2.05, 4.69) is 60.3 Å². The number of carbonyl (C=O) groups is 1. The van der Waals surface area contributed by atoms with Crippen LogP contribution in [0.25, 0.3) is 10.9 Å². The van der Waals surface area contributed by atoms with Crippen LogP contribution in [0.4, 0.5) is 0 Å². The van der Waals surface area contributed by atoms with E-state index in [1.165, 1.54) is 5.56 Å². The molecule has 1 amide bonds. The van der Waals surface area contributed by atoms with Crippen LogP contribution in [-0.2, 0) is 11.3 Å². The minimum Gasteiger partial charge on any atom is -0.375 e. The number of amides is 1. The number of benzene rings is 2. The summed E-state index contributed by atoms with van der Waals surface area (Å²) in [6.07, 6.45) is 3.79. The Morgan fingerprint density at radius 2 is 2.00 bits per heavy atom. The van der Waals surface area contributed by atoms with E-state index in [4.69, 9.17) is 4.74 Å². The first-order valence-electron chi connectivity index (χ1n) is 9.58. The lowest BCUT2D eigenvalue weighted by Gasteiger charge is -2.35. The first kappa shape index (κ1) is 17.8. The van der Waals surface area contributed by atoms with Crippen molar-refractivity contribution < 1.29 is 9.53 Å². The van der Waals surface area contributed by atoms with E-state index < -0.39 is 0 Å². The molecule has 0 spiro atoms. The Kier molecular flexibility index (Phi) is 4.75. The average Bonchev–Trinajstić information content (AvgIpc) is 3.04. The van der Waals surface area contributed by atoms with Crippen molar-refractivity contribution in [3.05, 3.63) is 71.9 Å². The van der Waals surface area contributed by atoms with Gasteiger partial charge in [-0.2, -0.15) is 0 Å². The zero-order valence-electron chi connectivity index (χ0n) is 15.9. The van der Waals surface area contributed by atoms with E-state index in [1.807, 2.05) is 24.3 Å². The van der Waals surface area contributed by atoms with Crippen LogP contribution >= 0.6 is 0 Å². The molecule has 0 bridgehead atoms. The topological polar surface area (TPSA) is 43.3 Å². The number of ether oxygens (including phenoxy) is 1. The van der Waals surface area contributed by atoms with Crippen molar-refractivity contribution in [1.82, 2.24) is 9.88 Å². The highest BCUT2D eigenvalue weighted by atomic mass is 16.5. The number of aromatic nitrogens is 1. The molecular weight excluding hydrogens is 336 g/mol. The molecule has 1 saturated heterocycles. The number of fused-ring (bicyclic) bond motifs is 1. The molecule has 4 nitrogen and oxygen atoms in total. The van der Waals surface area contributed by atoms with Crippen molar-refractivity contribution in [2.45, 2.75) is 44.9 Å². The normalized spacial score (nSPS) is 19.1. The molecule has 4 rings (SSSR count). The molecule has 1 atom stereocenters. The molecule has 3 aromatic rings. The number of carbonyl (C=O) groups excluding carboxylic acids is 1. The number of hydrogen-bond acceptors (Lipinski definition) is 2. The Morgan fingerprint density at radius 3 is 2.78 bits per heavy atom. The van der Waals surface area contributed by atoms with Gasteiger partial charge in [-0.15, -0.1) is 0 Å². The van der Waals surface area contributed by atoms with Crippen LogP contribution in [0.5, 0.6) is 0 Å². The van der Waals surface area contributed by atoms with Crippen molar-refractivity contribution in [3.8, 4) is 0 Å². The third-order valence-corrected chi connectivity index (χ3v) is 5.26. The SMILES string of the molecule is CC1(C)C[C@@H](NC(=O)c2ccc3ccn(Cc4ccccc4)c3c2)CCO1. The van der Waals surface area contributed by atoms with Gasteiger partial charge in [0.25, 0.3) is 5.91 Å². The number of hydrogen-bond donors (Lipinski definition) is 1. The van der Waals surface area contributed by atoms with E-state index >= 15 is 0 Å². The molecule has 27 heavy (non-hydrogen) atoms. The predicted octanol–water partition coefficient (Wildman–Crippen LogP) is 4.38. The highest BCUT2D eigenvalue weighted by molar-refractivity contribution is 5.98. The van der Waals surface area contributed by atoms with Crippen LogP contribution in [0.2, 0.25) is 0 Å². The third-order valence-electron chi connectivity index (χ3n) is 5.26. The minimum atomic E-state index is -0.176. The van der Waals surface area contributed by atoms with Gasteiger partial charge in [0.2, 0.25) is 0 Å². The van der Waals surface area contributed by atoms with E-state index in [1.54, 1.807) is 0 Å². The highest BCUT2D eigenvalue weighted by Crippen LogP contribution is 2.25. The zero-order valence-corrected chi connectivity index (χ0v) is 15.9. The summed E-state index contributed by atoms with van der Waals surface area (Å²) in [4.78, 5) is 12.8. The zero-order chi connectivity index (χ0) is 18.9. The molecule has 0 unspecified atom stereocenters. The molecule has 140 valence electrons. The second kappa shape index (κ2) is 7.20. The van der Waals surface area contributed by atoms with Crippen LogP contribution in [0.1, 0.15) is 42.6 Å².